The lowest BCUT2D eigenvalue weighted by atomic mass is 10.2. The minimum Gasteiger partial charge on any atom is -0.411 e. The van der Waals surface area contributed by atoms with Gasteiger partial charge in [-0.15, -0.1) is 10.2 Å². The minimum atomic E-state index is -3.53. The molecule has 2 aliphatic rings. The molecule has 1 amide bonds. The molecule has 2 aromatic rings. The number of aromatic nitrogens is 2. The number of hydrogen-bond donors (Lipinski definition) is 0. The molecule has 156 valence electrons. The molecule has 0 spiro atoms. The Morgan fingerprint density at radius 1 is 1.03 bits per heavy atom. The van der Waals surface area contributed by atoms with E-state index in [-0.39, 0.29) is 22.4 Å². The molecule has 2 aliphatic heterocycles. The number of rotatable bonds is 6. The van der Waals surface area contributed by atoms with Crippen LogP contribution in [-0.2, 0) is 14.8 Å². The summed E-state index contributed by atoms with van der Waals surface area (Å²) in [5.41, 5.74) is 0.549. The Hall–Kier alpha value is -1.91. The van der Waals surface area contributed by atoms with Crippen molar-refractivity contribution in [3.8, 4) is 11.5 Å². The van der Waals surface area contributed by atoms with Gasteiger partial charge in [0.2, 0.25) is 21.8 Å². The van der Waals surface area contributed by atoms with E-state index >= 15 is 0 Å². The van der Waals surface area contributed by atoms with E-state index in [4.69, 9.17) is 4.42 Å². The highest BCUT2D eigenvalue weighted by Crippen LogP contribution is 2.27. The monoisotopic (exact) mass is 436 g/mol. The van der Waals surface area contributed by atoms with Gasteiger partial charge in [0, 0.05) is 31.7 Å². The molecule has 0 atom stereocenters. The van der Waals surface area contributed by atoms with Gasteiger partial charge in [-0.2, -0.15) is 4.31 Å². The van der Waals surface area contributed by atoms with Crippen molar-refractivity contribution in [3.63, 3.8) is 0 Å². The number of benzene rings is 1. The first-order valence-electron chi connectivity index (χ1n) is 9.89. The third kappa shape index (κ3) is 4.65. The highest BCUT2D eigenvalue weighted by molar-refractivity contribution is 7.99. The topological polar surface area (TPSA) is 96.6 Å². The van der Waals surface area contributed by atoms with Crippen LogP contribution in [0.5, 0.6) is 0 Å². The molecule has 0 radical (unpaired) electrons. The van der Waals surface area contributed by atoms with Crippen molar-refractivity contribution in [1.82, 2.24) is 19.4 Å². The van der Waals surface area contributed by atoms with Crippen LogP contribution in [0.2, 0.25) is 0 Å². The molecule has 2 fully saturated rings. The van der Waals surface area contributed by atoms with Crippen LogP contribution in [0.1, 0.15) is 32.1 Å². The normalized spacial score (nSPS) is 18.3. The third-order valence-electron chi connectivity index (χ3n) is 5.22. The molecule has 10 heteroatoms. The molecule has 0 bridgehead atoms. The van der Waals surface area contributed by atoms with E-state index in [2.05, 4.69) is 10.2 Å². The van der Waals surface area contributed by atoms with Crippen LogP contribution < -0.4 is 0 Å². The largest absolute Gasteiger partial charge is 0.411 e. The number of nitrogens with zero attached hydrogens (tertiary/aromatic N) is 4. The minimum absolute atomic E-state index is 0.0712. The van der Waals surface area contributed by atoms with Gasteiger partial charge in [0.25, 0.3) is 5.22 Å². The van der Waals surface area contributed by atoms with Gasteiger partial charge in [0.15, 0.2) is 0 Å². The number of carbonyl (C=O) groups is 1. The molecule has 3 heterocycles. The quantitative estimate of drug-likeness (QED) is 0.642. The Kier molecular flexibility index (Phi) is 6.21. The summed E-state index contributed by atoms with van der Waals surface area (Å²) < 4.78 is 33.0. The second-order valence-corrected chi connectivity index (χ2v) is 10.1. The average molecular weight is 437 g/mol. The number of piperidine rings is 1. The zero-order chi connectivity index (χ0) is 20.3. The van der Waals surface area contributed by atoms with Gasteiger partial charge in [-0.1, -0.05) is 24.2 Å². The Morgan fingerprint density at radius 3 is 2.52 bits per heavy atom. The van der Waals surface area contributed by atoms with Crippen molar-refractivity contribution in [2.24, 2.45) is 0 Å². The van der Waals surface area contributed by atoms with Gasteiger partial charge < -0.3 is 9.32 Å². The number of thioether (sulfide) groups is 1. The van der Waals surface area contributed by atoms with Crippen molar-refractivity contribution in [1.29, 1.82) is 0 Å². The highest BCUT2D eigenvalue weighted by atomic mass is 32.2. The van der Waals surface area contributed by atoms with Crippen LogP contribution in [0.15, 0.2) is 38.8 Å². The van der Waals surface area contributed by atoms with Gasteiger partial charge in [0.1, 0.15) is 0 Å². The van der Waals surface area contributed by atoms with Crippen LogP contribution in [0.4, 0.5) is 0 Å². The standard InChI is InChI=1S/C19H24N4O4S2/c24-17(22-9-4-5-10-22)14-28-19-21-20-18(27-19)15-7-6-8-16(13-15)29(25,26)23-11-2-1-3-12-23/h6-8,13H,1-5,9-12,14H2. The lowest BCUT2D eigenvalue weighted by Crippen LogP contribution is -2.35. The summed E-state index contributed by atoms with van der Waals surface area (Å²) in [6.07, 6.45) is 4.95. The maximum atomic E-state index is 12.9. The molecule has 8 nitrogen and oxygen atoms in total. The van der Waals surface area contributed by atoms with Crippen molar-refractivity contribution < 1.29 is 17.6 Å². The molecule has 0 aliphatic carbocycles. The summed E-state index contributed by atoms with van der Waals surface area (Å²) >= 11 is 1.21. The number of amides is 1. The predicted octanol–water partition coefficient (Wildman–Crippen LogP) is 2.63. The number of hydrogen-bond acceptors (Lipinski definition) is 7. The summed E-state index contributed by atoms with van der Waals surface area (Å²) in [6.45, 7) is 2.73. The van der Waals surface area contributed by atoms with Crippen molar-refractivity contribution >= 4 is 27.7 Å². The van der Waals surface area contributed by atoms with Gasteiger partial charge in [-0.3, -0.25) is 4.79 Å². The maximum Gasteiger partial charge on any atom is 0.277 e. The smallest absolute Gasteiger partial charge is 0.277 e. The number of sulfonamides is 1. The first-order chi connectivity index (χ1) is 14.0. The molecule has 0 unspecified atom stereocenters. The first-order valence-corrected chi connectivity index (χ1v) is 12.3. The molecular formula is C19H24N4O4S2. The van der Waals surface area contributed by atoms with Crippen LogP contribution >= 0.6 is 11.8 Å². The zero-order valence-corrected chi connectivity index (χ0v) is 17.8. The van der Waals surface area contributed by atoms with Gasteiger partial charge >= 0.3 is 0 Å². The maximum absolute atomic E-state index is 12.9. The van der Waals surface area contributed by atoms with E-state index in [1.807, 2.05) is 4.90 Å². The second-order valence-electron chi connectivity index (χ2n) is 7.24. The molecule has 0 N–H and O–H groups in total. The number of carbonyl (C=O) groups excluding carboxylic acids is 1. The van der Waals surface area contributed by atoms with E-state index in [1.54, 1.807) is 24.3 Å². The summed E-state index contributed by atoms with van der Waals surface area (Å²) in [4.78, 5) is 14.2. The molecule has 1 aromatic heterocycles. The predicted molar refractivity (Wildman–Crippen MR) is 109 cm³/mol. The Morgan fingerprint density at radius 2 is 1.76 bits per heavy atom. The molecule has 4 rings (SSSR count). The van der Waals surface area contributed by atoms with Crippen LogP contribution in [-0.4, -0.2) is 65.7 Å². The van der Waals surface area contributed by atoms with E-state index in [1.165, 1.54) is 16.1 Å². The van der Waals surface area contributed by atoms with Gasteiger partial charge in [-0.25, -0.2) is 8.42 Å². The Labute approximate surface area is 174 Å². The fourth-order valence-corrected chi connectivity index (χ4v) is 5.84. The van der Waals surface area contributed by atoms with Crippen LogP contribution in [0, 0.1) is 0 Å². The van der Waals surface area contributed by atoms with Crippen LogP contribution in [0.3, 0.4) is 0 Å². The molecule has 0 saturated carbocycles. The zero-order valence-electron chi connectivity index (χ0n) is 16.1. The lowest BCUT2D eigenvalue weighted by molar-refractivity contribution is -0.127. The molecular weight excluding hydrogens is 412 g/mol. The van der Waals surface area contributed by atoms with Crippen molar-refractivity contribution in [2.75, 3.05) is 31.9 Å². The summed E-state index contributed by atoms with van der Waals surface area (Å²) in [6, 6.07) is 6.59. The van der Waals surface area contributed by atoms with E-state index in [0.29, 0.717) is 23.9 Å². The second kappa shape index (κ2) is 8.85. The van der Waals surface area contributed by atoms with Crippen LogP contribution in [0.25, 0.3) is 11.5 Å². The fraction of sp³-hybridized carbons (Fsp3) is 0.526. The number of likely N-dealkylation sites (tertiary alicyclic amines) is 1. The average Bonchev–Trinajstić information content (AvgIpc) is 3.45. The van der Waals surface area contributed by atoms with Crippen molar-refractivity contribution in [2.45, 2.75) is 42.2 Å². The summed E-state index contributed by atoms with van der Waals surface area (Å²) in [7, 11) is -3.53. The SMILES string of the molecule is O=C(CSc1nnc(-c2cccc(S(=O)(=O)N3CCCCC3)c2)o1)N1CCCC1. The van der Waals surface area contributed by atoms with Gasteiger partial charge in [-0.05, 0) is 43.9 Å². The van der Waals surface area contributed by atoms with E-state index in [0.717, 1.165) is 45.2 Å². The Bertz CT molecular complexity index is 964. The molecule has 2 saturated heterocycles. The highest BCUT2D eigenvalue weighted by Gasteiger charge is 2.26. The van der Waals surface area contributed by atoms with Gasteiger partial charge in [0.05, 0.1) is 10.6 Å². The van der Waals surface area contributed by atoms with E-state index < -0.39 is 10.0 Å². The summed E-state index contributed by atoms with van der Waals surface area (Å²) in [5.74, 6) is 0.573. The van der Waals surface area contributed by atoms with E-state index in [9.17, 15) is 13.2 Å². The summed E-state index contributed by atoms with van der Waals surface area (Å²) in [5, 5.41) is 8.32. The van der Waals surface area contributed by atoms with Crippen molar-refractivity contribution in [3.05, 3.63) is 24.3 Å². The molecule has 29 heavy (non-hydrogen) atoms. The third-order valence-corrected chi connectivity index (χ3v) is 7.92. The molecule has 1 aromatic carbocycles. The lowest BCUT2D eigenvalue weighted by Gasteiger charge is -2.25. The Balaban J connectivity index is 1.45. The fourth-order valence-electron chi connectivity index (χ4n) is 3.61. The first kappa shape index (κ1) is 20.4.